The topological polar surface area (TPSA) is 47.9 Å². The van der Waals surface area contributed by atoms with Crippen molar-refractivity contribution in [2.45, 2.75) is 19.1 Å². The van der Waals surface area contributed by atoms with Crippen molar-refractivity contribution in [1.29, 1.82) is 0 Å². The maximum Gasteiger partial charge on any atom is 0.147 e. The molecule has 0 amide bonds. The third-order valence-electron chi connectivity index (χ3n) is 3.12. The second kappa shape index (κ2) is 7.48. The Labute approximate surface area is 107 Å². The molecular formula is C14H20O4. The summed E-state index contributed by atoms with van der Waals surface area (Å²) in [5, 5.41) is 8.99. The van der Waals surface area contributed by atoms with E-state index in [-0.39, 0.29) is 18.6 Å². The Morgan fingerprint density at radius 2 is 2.11 bits per heavy atom. The van der Waals surface area contributed by atoms with E-state index < -0.39 is 0 Å². The molecule has 4 nitrogen and oxygen atoms in total. The maximum atomic E-state index is 8.99. The minimum Gasteiger partial charge on any atom is -0.396 e. The Hall–Kier alpha value is -0.940. The van der Waals surface area contributed by atoms with Gasteiger partial charge in [-0.15, -0.1) is 0 Å². The molecule has 1 saturated heterocycles. The summed E-state index contributed by atoms with van der Waals surface area (Å²) in [5.74, 6) is 0.222. The first-order chi connectivity index (χ1) is 8.90. The van der Waals surface area contributed by atoms with E-state index in [4.69, 9.17) is 19.3 Å². The van der Waals surface area contributed by atoms with Gasteiger partial charge < -0.3 is 19.3 Å². The SMILES string of the molecule is OCC[C@@H]1COCO[C@H]1COCc1ccccc1. The summed E-state index contributed by atoms with van der Waals surface area (Å²) in [6, 6.07) is 10.1. The quantitative estimate of drug-likeness (QED) is 0.835. The molecule has 1 aliphatic rings. The van der Waals surface area contributed by atoms with Crippen molar-refractivity contribution in [3.05, 3.63) is 35.9 Å². The zero-order valence-corrected chi connectivity index (χ0v) is 10.5. The van der Waals surface area contributed by atoms with Gasteiger partial charge in [0.05, 0.1) is 25.9 Å². The van der Waals surface area contributed by atoms with Crippen molar-refractivity contribution in [2.75, 3.05) is 26.6 Å². The van der Waals surface area contributed by atoms with Crippen LogP contribution in [0.2, 0.25) is 0 Å². The lowest BCUT2D eigenvalue weighted by Crippen LogP contribution is -2.38. The molecule has 4 heteroatoms. The highest BCUT2D eigenvalue weighted by atomic mass is 16.7. The average Bonchev–Trinajstić information content (AvgIpc) is 2.42. The van der Waals surface area contributed by atoms with E-state index >= 15 is 0 Å². The van der Waals surface area contributed by atoms with Gasteiger partial charge in [-0.1, -0.05) is 30.3 Å². The highest BCUT2D eigenvalue weighted by Crippen LogP contribution is 2.18. The van der Waals surface area contributed by atoms with Crippen molar-refractivity contribution < 1.29 is 19.3 Å². The second-order valence-corrected chi connectivity index (χ2v) is 4.47. The van der Waals surface area contributed by atoms with Gasteiger partial charge in [0.1, 0.15) is 6.79 Å². The van der Waals surface area contributed by atoms with E-state index in [0.29, 0.717) is 33.0 Å². The lowest BCUT2D eigenvalue weighted by molar-refractivity contribution is -0.189. The molecule has 0 radical (unpaired) electrons. The fourth-order valence-electron chi connectivity index (χ4n) is 2.06. The molecule has 0 unspecified atom stereocenters. The van der Waals surface area contributed by atoms with Gasteiger partial charge in [-0.25, -0.2) is 0 Å². The standard InChI is InChI=1S/C14H20O4/c15-7-6-13-9-17-11-18-14(13)10-16-8-12-4-2-1-3-5-12/h1-5,13-15H,6-11H2/t13-,14+/m1/s1. The number of rotatable bonds is 6. The normalized spacial score (nSPS) is 24.1. The third kappa shape index (κ3) is 4.07. The molecule has 1 aliphatic heterocycles. The summed E-state index contributed by atoms with van der Waals surface area (Å²) in [6.45, 7) is 2.25. The van der Waals surface area contributed by atoms with Crippen molar-refractivity contribution in [3.63, 3.8) is 0 Å². The van der Waals surface area contributed by atoms with Crippen LogP contribution in [-0.2, 0) is 20.8 Å². The van der Waals surface area contributed by atoms with Crippen LogP contribution in [0, 0.1) is 5.92 Å². The third-order valence-corrected chi connectivity index (χ3v) is 3.12. The fourth-order valence-corrected chi connectivity index (χ4v) is 2.06. The fraction of sp³-hybridized carbons (Fsp3) is 0.571. The number of hydrogen-bond donors (Lipinski definition) is 1. The molecule has 1 fully saturated rings. The summed E-state index contributed by atoms with van der Waals surface area (Å²) in [6.07, 6.45) is 0.717. The van der Waals surface area contributed by atoms with Crippen LogP contribution in [0.4, 0.5) is 0 Å². The minimum absolute atomic E-state index is 0.0228. The molecule has 1 heterocycles. The molecule has 18 heavy (non-hydrogen) atoms. The van der Waals surface area contributed by atoms with Gasteiger partial charge in [0.2, 0.25) is 0 Å². The van der Waals surface area contributed by atoms with Crippen LogP contribution in [0.15, 0.2) is 30.3 Å². The summed E-state index contributed by atoms with van der Waals surface area (Å²) in [4.78, 5) is 0. The Balaban J connectivity index is 1.74. The molecule has 0 saturated carbocycles. The largest absolute Gasteiger partial charge is 0.396 e. The lowest BCUT2D eigenvalue weighted by atomic mass is 10.00. The monoisotopic (exact) mass is 252 g/mol. The predicted molar refractivity (Wildman–Crippen MR) is 67.0 cm³/mol. The lowest BCUT2D eigenvalue weighted by Gasteiger charge is -2.31. The number of aliphatic hydroxyl groups excluding tert-OH is 1. The molecule has 0 spiro atoms. The number of hydrogen-bond acceptors (Lipinski definition) is 4. The summed E-state index contributed by atoms with van der Waals surface area (Å²) >= 11 is 0. The van der Waals surface area contributed by atoms with Gasteiger partial charge in [0.25, 0.3) is 0 Å². The molecule has 0 aliphatic carbocycles. The van der Waals surface area contributed by atoms with E-state index in [1.807, 2.05) is 30.3 Å². The Morgan fingerprint density at radius 1 is 1.28 bits per heavy atom. The molecule has 1 aromatic carbocycles. The molecule has 1 N–H and O–H groups in total. The van der Waals surface area contributed by atoms with Crippen LogP contribution >= 0.6 is 0 Å². The van der Waals surface area contributed by atoms with Gasteiger partial charge in [-0.2, -0.15) is 0 Å². The van der Waals surface area contributed by atoms with E-state index in [2.05, 4.69) is 0 Å². The molecule has 0 aromatic heterocycles. The summed E-state index contributed by atoms with van der Waals surface area (Å²) in [5.41, 5.74) is 1.16. The Bertz CT molecular complexity index is 326. The zero-order valence-electron chi connectivity index (χ0n) is 10.5. The van der Waals surface area contributed by atoms with Gasteiger partial charge in [-0.3, -0.25) is 0 Å². The average molecular weight is 252 g/mol. The molecule has 1 aromatic rings. The van der Waals surface area contributed by atoms with Crippen molar-refractivity contribution in [1.82, 2.24) is 0 Å². The highest BCUT2D eigenvalue weighted by molar-refractivity contribution is 5.13. The maximum absolute atomic E-state index is 8.99. The first-order valence-electron chi connectivity index (χ1n) is 6.32. The van der Waals surface area contributed by atoms with E-state index in [1.54, 1.807) is 0 Å². The second-order valence-electron chi connectivity index (χ2n) is 4.47. The van der Waals surface area contributed by atoms with Crippen LogP contribution in [0.3, 0.4) is 0 Å². The molecule has 2 rings (SSSR count). The Kier molecular flexibility index (Phi) is 5.61. The smallest absolute Gasteiger partial charge is 0.147 e. The molecule has 2 atom stereocenters. The minimum atomic E-state index is 0.0228. The molecule has 100 valence electrons. The van der Waals surface area contributed by atoms with Crippen molar-refractivity contribution >= 4 is 0 Å². The number of benzene rings is 1. The van der Waals surface area contributed by atoms with Crippen LogP contribution < -0.4 is 0 Å². The Morgan fingerprint density at radius 3 is 2.89 bits per heavy atom. The number of aliphatic hydroxyl groups is 1. The zero-order chi connectivity index (χ0) is 12.6. The number of ether oxygens (including phenoxy) is 3. The molecule has 0 bridgehead atoms. The van der Waals surface area contributed by atoms with Crippen LogP contribution in [-0.4, -0.2) is 37.8 Å². The van der Waals surface area contributed by atoms with Crippen molar-refractivity contribution in [2.24, 2.45) is 5.92 Å². The summed E-state index contributed by atoms with van der Waals surface area (Å²) in [7, 11) is 0. The van der Waals surface area contributed by atoms with E-state index in [1.165, 1.54) is 0 Å². The van der Waals surface area contributed by atoms with Gasteiger partial charge >= 0.3 is 0 Å². The predicted octanol–water partition coefficient (Wildman–Crippen LogP) is 1.57. The molecular weight excluding hydrogens is 232 g/mol. The van der Waals surface area contributed by atoms with Gasteiger partial charge in [0, 0.05) is 12.5 Å². The summed E-state index contributed by atoms with van der Waals surface area (Å²) < 4.78 is 16.4. The van der Waals surface area contributed by atoms with Gasteiger partial charge in [-0.05, 0) is 12.0 Å². The first kappa shape index (κ1) is 13.5. The van der Waals surface area contributed by atoms with Crippen molar-refractivity contribution in [3.8, 4) is 0 Å². The van der Waals surface area contributed by atoms with Gasteiger partial charge in [0.15, 0.2) is 0 Å². The first-order valence-corrected chi connectivity index (χ1v) is 6.32. The van der Waals surface area contributed by atoms with E-state index in [9.17, 15) is 0 Å². The van der Waals surface area contributed by atoms with Crippen LogP contribution in [0.5, 0.6) is 0 Å². The van der Waals surface area contributed by atoms with Crippen LogP contribution in [0.25, 0.3) is 0 Å². The highest BCUT2D eigenvalue weighted by Gasteiger charge is 2.26. The van der Waals surface area contributed by atoms with Crippen LogP contribution in [0.1, 0.15) is 12.0 Å². The van der Waals surface area contributed by atoms with E-state index in [0.717, 1.165) is 5.56 Å².